The lowest BCUT2D eigenvalue weighted by atomic mass is 10.0. The highest BCUT2D eigenvalue weighted by molar-refractivity contribution is 14.1. The van der Waals surface area contributed by atoms with Gasteiger partial charge in [-0.25, -0.2) is 4.98 Å². The molecule has 5 heteroatoms. The van der Waals surface area contributed by atoms with Gasteiger partial charge < -0.3 is 10.3 Å². The van der Waals surface area contributed by atoms with Crippen molar-refractivity contribution in [2.75, 3.05) is 0 Å². The van der Waals surface area contributed by atoms with Gasteiger partial charge in [-0.15, -0.1) is 0 Å². The second kappa shape index (κ2) is 6.04. The summed E-state index contributed by atoms with van der Waals surface area (Å²) in [6.07, 6.45) is 5.49. The Labute approximate surface area is 125 Å². The molecule has 0 spiro atoms. The normalized spacial score (nSPS) is 12.7. The summed E-state index contributed by atoms with van der Waals surface area (Å²) in [6.45, 7) is 0. The van der Waals surface area contributed by atoms with Crippen molar-refractivity contribution < 1.29 is 0 Å². The molecule has 2 aromatic rings. The Bertz CT molecular complexity index is 539. The van der Waals surface area contributed by atoms with Gasteiger partial charge in [0.1, 0.15) is 5.82 Å². The Balaban J connectivity index is 2.06. The van der Waals surface area contributed by atoms with Gasteiger partial charge in [-0.1, -0.05) is 11.6 Å². The molecule has 0 aliphatic heterocycles. The molecule has 1 aromatic heterocycles. The molecule has 1 heterocycles. The maximum Gasteiger partial charge on any atom is 0.108 e. The summed E-state index contributed by atoms with van der Waals surface area (Å²) >= 11 is 8.30. The summed E-state index contributed by atoms with van der Waals surface area (Å²) in [5.74, 6) is 1.06. The van der Waals surface area contributed by atoms with Crippen LogP contribution in [0.25, 0.3) is 0 Å². The number of hydrogen-bond donors (Lipinski definition) is 1. The highest BCUT2D eigenvalue weighted by Crippen LogP contribution is 2.25. The van der Waals surface area contributed by atoms with Crippen LogP contribution >= 0.6 is 34.2 Å². The van der Waals surface area contributed by atoms with Crippen LogP contribution in [0.2, 0.25) is 5.02 Å². The largest absolute Gasteiger partial charge is 0.338 e. The monoisotopic (exact) mass is 375 g/mol. The number of aromatic nitrogens is 2. The molecule has 2 N–H and O–H groups in total. The van der Waals surface area contributed by atoms with Crippen molar-refractivity contribution in [2.45, 2.75) is 18.9 Å². The molecule has 1 atom stereocenters. The topological polar surface area (TPSA) is 43.8 Å². The van der Waals surface area contributed by atoms with Gasteiger partial charge in [-0.05, 0) is 52.8 Å². The molecule has 3 nitrogen and oxygen atoms in total. The van der Waals surface area contributed by atoms with Gasteiger partial charge in [0.25, 0.3) is 0 Å². The van der Waals surface area contributed by atoms with Crippen molar-refractivity contribution in [3.8, 4) is 0 Å². The molecule has 2 rings (SSSR count). The number of halogens is 2. The number of aryl methyl sites for hydroxylation is 2. The highest BCUT2D eigenvalue weighted by atomic mass is 127. The number of hydrogen-bond acceptors (Lipinski definition) is 2. The number of rotatable bonds is 4. The fourth-order valence-electron chi connectivity index (χ4n) is 1.88. The van der Waals surface area contributed by atoms with E-state index >= 15 is 0 Å². The zero-order chi connectivity index (χ0) is 13.1. The van der Waals surface area contributed by atoms with E-state index in [0.29, 0.717) is 0 Å². The van der Waals surface area contributed by atoms with Crippen LogP contribution in [0.15, 0.2) is 30.6 Å². The average molecular weight is 376 g/mol. The van der Waals surface area contributed by atoms with Crippen LogP contribution in [-0.2, 0) is 13.5 Å². The van der Waals surface area contributed by atoms with Crippen molar-refractivity contribution in [3.05, 3.63) is 50.6 Å². The molecule has 0 amide bonds. The van der Waals surface area contributed by atoms with E-state index in [1.807, 2.05) is 42.2 Å². The third-order valence-electron chi connectivity index (χ3n) is 2.96. The summed E-state index contributed by atoms with van der Waals surface area (Å²) in [5, 5.41) is 0.734. The van der Waals surface area contributed by atoms with E-state index in [0.717, 1.165) is 32.8 Å². The Hall–Kier alpha value is -0.590. The minimum absolute atomic E-state index is 0.00713. The standard InChI is InChI=1S/C13H15ClIN3/c1-18-7-6-17-13(18)5-4-12(16)10-8-9(14)2-3-11(10)15/h2-3,6-8,12H,4-5,16H2,1H3. The van der Waals surface area contributed by atoms with E-state index in [1.165, 1.54) is 0 Å². The van der Waals surface area contributed by atoms with Crippen molar-refractivity contribution in [1.29, 1.82) is 0 Å². The van der Waals surface area contributed by atoms with Crippen LogP contribution in [0.3, 0.4) is 0 Å². The van der Waals surface area contributed by atoms with Crippen molar-refractivity contribution in [1.82, 2.24) is 9.55 Å². The first-order chi connectivity index (χ1) is 8.58. The van der Waals surface area contributed by atoms with Gasteiger partial charge in [0, 0.05) is 40.5 Å². The first-order valence-corrected chi connectivity index (χ1v) is 7.20. The Kier molecular flexibility index (Phi) is 4.64. The van der Waals surface area contributed by atoms with Crippen LogP contribution in [0.1, 0.15) is 23.9 Å². The molecule has 0 fully saturated rings. The zero-order valence-corrected chi connectivity index (χ0v) is 13.0. The van der Waals surface area contributed by atoms with Crippen molar-refractivity contribution in [3.63, 3.8) is 0 Å². The van der Waals surface area contributed by atoms with Gasteiger partial charge in [0.05, 0.1) is 0 Å². The molecule has 0 aliphatic rings. The van der Waals surface area contributed by atoms with Crippen LogP contribution in [0.5, 0.6) is 0 Å². The Morgan fingerprint density at radius 1 is 1.50 bits per heavy atom. The predicted octanol–water partition coefficient (Wildman–Crippen LogP) is 3.31. The summed E-state index contributed by atoms with van der Waals surface area (Å²) in [5.41, 5.74) is 7.34. The maximum atomic E-state index is 6.23. The second-order valence-electron chi connectivity index (χ2n) is 4.27. The van der Waals surface area contributed by atoms with Crippen LogP contribution in [-0.4, -0.2) is 9.55 Å². The third-order valence-corrected chi connectivity index (χ3v) is 4.17. The molecular weight excluding hydrogens is 361 g/mol. The van der Waals surface area contributed by atoms with Gasteiger partial charge in [-0.3, -0.25) is 0 Å². The Morgan fingerprint density at radius 2 is 2.28 bits per heavy atom. The first-order valence-electron chi connectivity index (χ1n) is 5.74. The van der Waals surface area contributed by atoms with Gasteiger partial charge in [0.2, 0.25) is 0 Å². The number of benzene rings is 1. The maximum absolute atomic E-state index is 6.23. The van der Waals surface area contributed by atoms with Crippen LogP contribution in [0, 0.1) is 3.57 Å². The summed E-state index contributed by atoms with van der Waals surface area (Å²) in [4.78, 5) is 4.30. The fourth-order valence-corrected chi connectivity index (χ4v) is 2.79. The molecule has 0 saturated carbocycles. The number of nitrogens with two attached hydrogens (primary N) is 1. The van der Waals surface area contributed by atoms with Crippen LogP contribution in [0.4, 0.5) is 0 Å². The quantitative estimate of drug-likeness (QED) is 0.833. The van der Waals surface area contributed by atoms with Gasteiger partial charge in [-0.2, -0.15) is 0 Å². The molecule has 0 saturated heterocycles. The SMILES string of the molecule is Cn1ccnc1CCC(N)c1cc(Cl)ccc1I. The molecular formula is C13H15ClIN3. The van der Waals surface area contributed by atoms with Gasteiger partial charge in [0.15, 0.2) is 0 Å². The number of imidazole rings is 1. The fraction of sp³-hybridized carbons (Fsp3) is 0.308. The molecule has 1 aromatic carbocycles. The minimum atomic E-state index is -0.00713. The number of nitrogens with zero attached hydrogens (tertiary/aromatic N) is 2. The lowest BCUT2D eigenvalue weighted by Gasteiger charge is -2.14. The summed E-state index contributed by atoms with van der Waals surface area (Å²) < 4.78 is 3.18. The average Bonchev–Trinajstić information content (AvgIpc) is 2.75. The molecule has 96 valence electrons. The van der Waals surface area contributed by atoms with E-state index in [1.54, 1.807) is 0 Å². The van der Waals surface area contributed by atoms with E-state index in [9.17, 15) is 0 Å². The van der Waals surface area contributed by atoms with E-state index < -0.39 is 0 Å². The minimum Gasteiger partial charge on any atom is -0.338 e. The molecule has 1 unspecified atom stereocenters. The molecule has 18 heavy (non-hydrogen) atoms. The van der Waals surface area contributed by atoms with Crippen molar-refractivity contribution >= 4 is 34.2 Å². The lowest BCUT2D eigenvalue weighted by molar-refractivity contribution is 0.618. The molecule has 0 aliphatic carbocycles. The zero-order valence-electron chi connectivity index (χ0n) is 10.1. The third kappa shape index (κ3) is 3.24. The predicted molar refractivity (Wildman–Crippen MR) is 82.6 cm³/mol. The van der Waals surface area contributed by atoms with E-state index in [2.05, 4.69) is 27.6 Å². The van der Waals surface area contributed by atoms with E-state index in [4.69, 9.17) is 17.3 Å². The molecule has 0 radical (unpaired) electrons. The lowest BCUT2D eigenvalue weighted by Crippen LogP contribution is -2.14. The summed E-state index contributed by atoms with van der Waals surface area (Å²) in [6, 6.07) is 5.83. The van der Waals surface area contributed by atoms with Crippen LogP contribution < -0.4 is 5.73 Å². The molecule has 0 bridgehead atoms. The second-order valence-corrected chi connectivity index (χ2v) is 5.86. The van der Waals surface area contributed by atoms with Gasteiger partial charge >= 0.3 is 0 Å². The highest BCUT2D eigenvalue weighted by Gasteiger charge is 2.11. The smallest absolute Gasteiger partial charge is 0.108 e. The van der Waals surface area contributed by atoms with E-state index in [-0.39, 0.29) is 6.04 Å². The first kappa shape index (κ1) is 13.8. The van der Waals surface area contributed by atoms with Crippen molar-refractivity contribution in [2.24, 2.45) is 12.8 Å². The summed E-state index contributed by atoms with van der Waals surface area (Å²) in [7, 11) is 2.00. The Morgan fingerprint density at radius 3 is 2.94 bits per heavy atom.